The molecular formula is C16H23N3O3S. The molecule has 0 spiro atoms. The van der Waals surface area contributed by atoms with Crippen LogP contribution in [0.25, 0.3) is 0 Å². The van der Waals surface area contributed by atoms with Crippen molar-refractivity contribution in [2.75, 3.05) is 11.5 Å². The van der Waals surface area contributed by atoms with Crippen molar-refractivity contribution >= 4 is 23.6 Å². The molecule has 0 aromatic carbocycles. The van der Waals surface area contributed by atoms with Crippen molar-refractivity contribution in [3.8, 4) is 0 Å². The van der Waals surface area contributed by atoms with Gasteiger partial charge in [-0.1, -0.05) is 12.8 Å². The molecule has 126 valence electrons. The molecule has 0 radical (unpaired) electrons. The van der Waals surface area contributed by atoms with E-state index in [-0.39, 0.29) is 23.5 Å². The summed E-state index contributed by atoms with van der Waals surface area (Å²) in [5.41, 5.74) is 2.27. The number of carboxylic acids is 1. The van der Waals surface area contributed by atoms with E-state index in [9.17, 15) is 9.59 Å². The minimum atomic E-state index is -0.891. The maximum absolute atomic E-state index is 12.0. The Morgan fingerprint density at radius 2 is 2.04 bits per heavy atom. The fourth-order valence-electron chi connectivity index (χ4n) is 3.53. The van der Waals surface area contributed by atoms with E-state index in [0.29, 0.717) is 6.04 Å². The van der Waals surface area contributed by atoms with Crippen LogP contribution in [0.5, 0.6) is 0 Å². The number of carbonyl (C=O) groups excluding carboxylic acids is 1. The van der Waals surface area contributed by atoms with E-state index < -0.39 is 5.97 Å². The molecule has 0 saturated heterocycles. The van der Waals surface area contributed by atoms with Crippen molar-refractivity contribution in [1.29, 1.82) is 0 Å². The lowest BCUT2D eigenvalue weighted by atomic mass is 9.94. The van der Waals surface area contributed by atoms with Crippen molar-refractivity contribution in [1.82, 2.24) is 15.1 Å². The molecule has 1 fully saturated rings. The molecule has 2 aliphatic carbocycles. The molecule has 2 N–H and O–H groups in total. The number of thioether (sulfide) groups is 1. The summed E-state index contributed by atoms with van der Waals surface area (Å²) in [6, 6.07) is 0.488. The highest BCUT2D eigenvalue weighted by molar-refractivity contribution is 8.00. The molecule has 1 amide bonds. The number of amides is 1. The third-order valence-corrected chi connectivity index (χ3v) is 5.52. The van der Waals surface area contributed by atoms with Gasteiger partial charge in [-0.15, -0.1) is 11.8 Å². The molecule has 1 atom stereocenters. The second-order valence-corrected chi connectivity index (χ2v) is 7.34. The van der Waals surface area contributed by atoms with Gasteiger partial charge in [-0.25, -0.2) is 0 Å². The average molecular weight is 337 g/mol. The van der Waals surface area contributed by atoms with Crippen LogP contribution in [0.2, 0.25) is 0 Å². The number of fused-ring (bicyclic) bond motifs is 1. The van der Waals surface area contributed by atoms with Crippen LogP contribution < -0.4 is 5.32 Å². The molecule has 1 saturated carbocycles. The minimum Gasteiger partial charge on any atom is -0.481 e. The van der Waals surface area contributed by atoms with Crippen LogP contribution in [0.1, 0.15) is 61.9 Å². The maximum atomic E-state index is 12.0. The van der Waals surface area contributed by atoms with Crippen LogP contribution in [0.3, 0.4) is 0 Å². The maximum Gasteiger partial charge on any atom is 0.313 e. The molecule has 3 rings (SSSR count). The standard InChI is InChI=1S/C16H23N3O3S/c20-14(9-23-10-15(21)22)17-13-7-3-4-11-8-19(18-16(11)13)12-5-1-2-6-12/h8,12-13H,1-7,9-10H2,(H,17,20)(H,21,22). The first kappa shape index (κ1) is 16.4. The summed E-state index contributed by atoms with van der Waals surface area (Å²) in [7, 11) is 0. The number of carbonyl (C=O) groups is 2. The summed E-state index contributed by atoms with van der Waals surface area (Å²) in [6.07, 6.45) is 10.1. The monoisotopic (exact) mass is 337 g/mol. The number of rotatable bonds is 6. The van der Waals surface area contributed by atoms with Gasteiger partial charge in [0.15, 0.2) is 0 Å². The highest BCUT2D eigenvalue weighted by Gasteiger charge is 2.27. The number of nitrogens with one attached hydrogen (secondary N) is 1. The molecule has 0 aliphatic heterocycles. The molecule has 1 unspecified atom stereocenters. The Morgan fingerprint density at radius 3 is 2.78 bits per heavy atom. The zero-order chi connectivity index (χ0) is 16.2. The topological polar surface area (TPSA) is 84.2 Å². The number of aryl methyl sites for hydroxylation is 1. The molecule has 7 heteroatoms. The first-order valence-electron chi connectivity index (χ1n) is 8.30. The van der Waals surface area contributed by atoms with Crippen molar-refractivity contribution in [2.24, 2.45) is 0 Å². The summed E-state index contributed by atoms with van der Waals surface area (Å²) in [6.45, 7) is 0. The molecule has 1 aromatic heterocycles. The largest absolute Gasteiger partial charge is 0.481 e. The Morgan fingerprint density at radius 1 is 1.26 bits per heavy atom. The number of aliphatic carboxylic acids is 1. The van der Waals surface area contributed by atoms with Gasteiger partial charge in [0, 0.05) is 6.20 Å². The van der Waals surface area contributed by atoms with Crippen LogP contribution in [-0.2, 0) is 16.0 Å². The lowest BCUT2D eigenvalue weighted by molar-refractivity contribution is -0.133. The number of hydrogen-bond donors (Lipinski definition) is 2. The Hall–Kier alpha value is -1.50. The molecule has 2 aliphatic rings. The normalized spacial score (nSPS) is 21.1. The fraction of sp³-hybridized carbons (Fsp3) is 0.688. The van der Waals surface area contributed by atoms with Crippen molar-refractivity contribution < 1.29 is 14.7 Å². The molecule has 0 bridgehead atoms. The third kappa shape index (κ3) is 4.07. The minimum absolute atomic E-state index is 0.0284. The van der Waals surface area contributed by atoms with Gasteiger partial charge in [-0.2, -0.15) is 5.10 Å². The lowest BCUT2D eigenvalue weighted by Crippen LogP contribution is -2.32. The molecule has 23 heavy (non-hydrogen) atoms. The van der Waals surface area contributed by atoms with Crippen LogP contribution >= 0.6 is 11.8 Å². The van der Waals surface area contributed by atoms with Gasteiger partial charge in [0.05, 0.1) is 29.3 Å². The van der Waals surface area contributed by atoms with Gasteiger partial charge in [0.1, 0.15) is 0 Å². The first-order chi connectivity index (χ1) is 11.1. The van der Waals surface area contributed by atoms with Gasteiger partial charge in [0.25, 0.3) is 0 Å². The Bertz CT molecular complexity index is 581. The van der Waals surface area contributed by atoms with Crippen molar-refractivity contribution in [3.63, 3.8) is 0 Å². The quantitative estimate of drug-likeness (QED) is 0.832. The summed E-state index contributed by atoms with van der Waals surface area (Å²) in [5, 5.41) is 16.4. The second-order valence-electron chi connectivity index (χ2n) is 6.36. The fourth-order valence-corrected chi connectivity index (χ4v) is 4.07. The predicted octanol–water partition coefficient (Wildman–Crippen LogP) is 2.31. The van der Waals surface area contributed by atoms with Crippen molar-refractivity contribution in [2.45, 2.75) is 57.0 Å². The summed E-state index contributed by atoms with van der Waals surface area (Å²) >= 11 is 1.13. The van der Waals surface area contributed by atoms with E-state index in [2.05, 4.69) is 16.2 Å². The number of aromatic nitrogens is 2. The summed E-state index contributed by atoms with van der Waals surface area (Å²) < 4.78 is 2.11. The van der Waals surface area contributed by atoms with Gasteiger partial charge in [-0.05, 0) is 37.7 Å². The zero-order valence-electron chi connectivity index (χ0n) is 13.2. The first-order valence-corrected chi connectivity index (χ1v) is 9.46. The van der Waals surface area contributed by atoms with Crippen molar-refractivity contribution in [3.05, 3.63) is 17.5 Å². The molecule has 6 nitrogen and oxygen atoms in total. The number of nitrogens with zero attached hydrogens (tertiary/aromatic N) is 2. The van der Waals surface area contributed by atoms with Crippen LogP contribution in [0, 0.1) is 0 Å². The Balaban J connectivity index is 1.61. The van der Waals surface area contributed by atoms with E-state index in [1.807, 2.05) is 0 Å². The number of hydrogen-bond acceptors (Lipinski definition) is 4. The van der Waals surface area contributed by atoms with E-state index in [0.717, 1.165) is 36.7 Å². The summed E-state index contributed by atoms with van der Waals surface area (Å²) in [4.78, 5) is 22.5. The van der Waals surface area contributed by atoms with E-state index in [1.54, 1.807) is 0 Å². The van der Waals surface area contributed by atoms with E-state index in [1.165, 1.54) is 31.2 Å². The molecule has 1 heterocycles. The zero-order valence-corrected chi connectivity index (χ0v) is 14.0. The third-order valence-electron chi connectivity index (χ3n) is 4.60. The lowest BCUT2D eigenvalue weighted by Gasteiger charge is -2.22. The van der Waals surface area contributed by atoms with Gasteiger partial charge in [-0.3, -0.25) is 14.3 Å². The SMILES string of the molecule is O=C(O)CSCC(=O)NC1CCCc2cn(C3CCCC3)nc21. The molecule has 1 aromatic rings. The van der Waals surface area contributed by atoms with Crippen LogP contribution in [-0.4, -0.2) is 38.3 Å². The van der Waals surface area contributed by atoms with Gasteiger partial charge < -0.3 is 10.4 Å². The van der Waals surface area contributed by atoms with Crippen LogP contribution in [0.15, 0.2) is 6.20 Å². The van der Waals surface area contributed by atoms with E-state index >= 15 is 0 Å². The highest BCUT2D eigenvalue weighted by atomic mass is 32.2. The van der Waals surface area contributed by atoms with E-state index in [4.69, 9.17) is 10.2 Å². The second kappa shape index (κ2) is 7.38. The number of carboxylic acid groups (broad SMARTS) is 1. The predicted molar refractivity (Wildman–Crippen MR) is 88.5 cm³/mol. The smallest absolute Gasteiger partial charge is 0.313 e. The van der Waals surface area contributed by atoms with Gasteiger partial charge in [0.2, 0.25) is 5.91 Å². The summed E-state index contributed by atoms with van der Waals surface area (Å²) in [5.74, 6) is -0.858. The average Bonchev–Trinajstić information content (AvgIpc) is 3.16. The Labute approximate surface area is 140 Å². The Kier molecular flexibility index (Phi) is 5.25. The highest BCUT2D eigenvalue weighted by Crippen LogP contribution is 2.33. The van der Waals surface area contributed by atoms with Gasteiger partial charge >= 0.3 is 5.97 Å². The molecular weight excluding hydrogens is 314 g/mol. The van der Waals surface area contributed by atoms with Crippen LogP contribution in [0.4, 0.5) is 0 Å².